The molecule has 0 saturated heterocycles. The third-order valence-electron chi connectivity index (χ3n) is 3.54. The topological polar surface area (TPSA) is 60.9 Å². The number of imide groups is 1. The first-order valence-electron chi connectivity index (χ1n) is 7.19. The lowest BCUT2D eigenvalue weighted by atomic mass is 10.0. The summed E-state index contributed by atoms with van der Waals surface area (Å²) in [5, 5.41) is 9.09. The van der Waals surface area contributed by atoms with E-state index in [9.17, 15) is 14.0 Å². The molecule has 5 nitrogen and oxygen atoms in total. The molecule has 0 atom stereocenters. The van der Waals surface area contributed by atoms with Gasteiger partial charge >= 0.3 is 0 Å². The average Bonchev–Trinajstić information content (AvgIpc) is 2.73. The number of hydrogen-bond donors (Lipinski definition) is 1. The Morgan fingerprint density at radius 2 is 1.82 bits per heavy atom. The van der Waals surface area contributed by atoms with Gasteiger partial charge in [-0.3, -0.25) is 14.5 Å². The van der Waals surface area contributed by atoms with Gasteiger partial charge < -0.3 is 10.0 Å². The molecule has 0 unspecified atom stereocenters. The van der Waals surface area contributed by atoms with Gasteiger partial charge in [0.25, 0.3) is 11.8 Å². The van der Waals surface area contributed by atoms with E-state index in [-0.39, 0.29) is 36.2 Å². The molecule has 118 valence electrons. The average molecular weight is 306 g/mol. The molecular formula is C16H19FN2O3. The van der Waals surface area contributed by atoms with Gasteiger partial charge in [0, 0.05) is 20.1 Å². The predicted octanol–water partition coefficient (Wildman–Crippen LogP) is 1.24. The number of likely N-dealkylation sites (N-methyl/N-ethyl adjacent to an activating group) is 1. The summed E-state index contributed by atoms with van der Waals surface area (Å²) in [6, 6.07) is 5.48. The molecule has 1 N–H and O–H groups in total. The molecule has 1 aromatic rings. The molecule has 0 saturated carbocycles. The fourth-order valence-corrected chi connectivity index (χ4v) is 2.48. The molecule has 2 amide bonds. The van der Waals surface area contributed by atoms with Crippen LogP contribution in [0.1, 0.15) is 18.9 Å². The van der Waals surface area contributed by atoms with Crippen LogP contribution in [-0.2, 0) is 9.59 Å². The minimum absolute atomic E-state index is 0.133. The molecule has 1 heterocycles. The van der Waals surface area contributed by atoms with Crippen molar-refractivity contribution in [2.45, 2.75) is 13.3 Å². The number of aliphatic hydroxyl groups is 1. The van der Waals surface area contributed by atoms with Gasteiger partial charge in [-0.15, -0.1) is 0 Å². The molecular weight excluding hydrogens is 287 g/mol. The molecule has 2 rings (SSSR count). The molecule has 0 fully saturated rings. The maximum atomic E-state index is 13.1. The van der Waals surface area contributed by atoms with E-state index in [0.29, 0.717) is 18.5 Å². The lowest BCUT2D eigenvalue weighted by Gasteiger charge is -2.20. The Hall–Kier alpha value is -2.21. The molecule has 1 aliphatic heterocycles. The van der Waals surface area contributed by atoms with Crippen LogP contribution in [0.3, 0.4) is 0 Å². The highest BCUT2D eigenvalue weighted by Crippen LogP contribution is 2.31. The van der Waals surface area contributed by atoms with Crippen molar-refractivity contribution < 1.29 is 19.1 Å². The van der Waals surface area contributed by atoms with Gasteiger partial charge in [-0.05, 0) is 24.1 Å². The van der Waals surface area contributed by atoms with Crippen molar-refractivity contribution >= 4 is 17.4 Å². The predicted molar refractivity (Wildman–Crippen MR) is 80.0 cm³/mol. The highest BCUT2D eigenvalue weighted by Gasteiger charge is 2.40. The van der Waals surface area contributed by atoms with E-state index in [1.54, 1.807) is 11.9 Å². The summed E-state index contributed by atoms with van der Waals surface area (Å²) in [6.07, 6.45) is 0.658. The quantitative estimate of drug-likeness (QED) is 0.803. The smallest absolute Gasteiger partial charge is 0.277 e. The Morgan fingerprint density at radius 3 is 2.36 bits per heavy atom. The lowest BCUT2D eigenvalue weighted by molar-refractivity contribution is -0.137. The second kappa shape index (κ2) is 6.70. The van der Waals surface area contributed by atoms with Crippen LogP contribution in [0.15, 0.2) is 30.0 Å². The number of carbonyl (C=O) groups is 2. The summed E-state index contributed by atoms with van der Waals surface area (Å²) in [4.78, 5) is 27.9. The monoisotopic (exact) mass is 306 g/mol. The summed E-state index contributed by atoms with van der Waals surface area (Å²) in [5.74, 6) is -1.16. The van der Waals surface area contributed by atoms with Gasteiger partial charge in [-0.1, -0.05) is 19.1 Å². The van der Waals surface area contributed by atoms with Crippen molar-refractivity contribution in [1.82, 2.24) is 9.80 Å². The van der Waals surface area contributed by atoms with Gasteiger partial charge in [0.2, 0.25) is 0 Å². The van der Waals surface area contributed by atoms with E-state index >= 15 is 0 Å². The number of hydrogen-bond acceptors (Lipinski definition) is 4. The van der Waals surface area contributed by atoms with E-state index in [4.69, 9.17) is 5.11 Å². The Bertz CT molecular complexity index is 610. The van der Waals surface area contributed by atoms with E-state index in [1.165, 1.54) is 29.2 Å². The second-order valence-corrected chi connectivity index (χ2v) is 5.14. The van der Waals surface area contributed by atoms with Crippen molar-refractivity contribution in [3.05, 3.63) is 41.3 Å². The van der Waals surface area contributed by atoms with E-state index in [1.807, 2.05) is 6.92 Å². The first-order valence-corrected chi connectivity index (χ1v) is 7.19. The lowest BCUT2D eigenvalue weighted by Crippen LogP contribution is -2.35. The van der Waals surface area contributed by atoms with Crippen molar-refractivity contribution in [2.24, 2.45) is 0 Å². The van der Waals surface area contributed by atoms with Gasteiger partial charge in [0.1, 0.15) is 11.5 Å². The summed E-state index contributed by atoms with van der Waals surface area (Å²) in [6.45, 7) is 2.32. The van der Waals surface area contributed by atoms with Crippen molar-refractivity contribution in [3.8, 4) is 0 Å². The Labute approximate surface area is 128 Å². The van der Waals surface area contributed by atoms with Crippen LogP contribution in [0, 0.1) is 5.82 Å². The number of rotatable bonds is 6. The third-order valence-corrected chi connectivity index (χ3v) is 3.54. The highest BCUT2D eigenvalue weighted by molar-refractivity contribution is 6.35. The van der Waals surface area contributed by atoms with E-state index in [0.717, 1.165) is 0 Å². The minimum atomic E-state index is -0.406. The minimum Gasteiger partial charge on any atom is -0.395 e. The van der Waals surface area contributed by atoms with E-state index < -0.39 is 5.82 Å². The standard InChI is InChI=1S/C16H19FN2O3/c1-3-8-19-15(21)13(11-4-6-12(17)7-5-11)14(16(19)22)18(2)9-10-20/h4-7,20H,3,8-10H2,1-2H3. The number of halogens is 1. The van der Waals surface area contributed by atoms with Crippen LogP contribution >= 0.6 is 0 Å². The Balaban J connectivity index is 2.52. The number of carbonyl (C=O) groups excluding carboxylic acids is 2. The van der Waals surface area contributed by atoms with Crippen LogP contribution in [0.4, 0.5) is 4.39 Å². The zero-order valence-electron chi connectivity index (χ0n) is 12.7. The molecule has 0 bridgehead atoms. The number of nitrogens with zero attached hydrogens (tertiary/aromatic N) is 2. The van der Waals surface area contributed by atoms with Crippen LogP contribution in [0.25, 0.3) is 5.57 Å². The fourth-order valence-electron chi connectivity index (χ4n) is 2.48. The van der Waals surface area contributed by atoms with Crippen LogP contribution in [-0.4, -0.2) is 53.5 Å². The first-order chi connectivity index (χ1) is 10.5. The fraction of sp³-hybridized carbons (Fsp3) is 0.375. The van der Waals surface area contributed by atoms with Crippen molar-refractivity contribution in [1.29, 1.82) is 0 Å². The van der Waals surface area contributed by atoms with Crippen molar-refractivity contribution in [2.75, 3.05) is 26.7 Å². The van der Waals surface area contributed by atoms with Crippen molar-refractivity contribution in [3.63, 3.8) is 0 Å². The van der Waals surface area contributed by atoms with Crippen LogP contribution in [0.5, 0.6) is 0 Å². The van der Waals surface area contributed by atoms with E-state index in [2.05, 4.69) is 0 Å². The summed E-state index contributed by atoms with van der Waals surface area (Å²) in [5.41, 5.74) is 1.01. The summed E-state index contributed by atoms with van der Waals surface area (Å²) < 4.78 is 13.1. The highest BCUT2D eigenvalue weighted by atomic mass is 19.1. The van der Waals surface area contributed by atoms with Gasteiger partial charge in [0.05, 0.1) is 12.2 Å². The molecule has 6 heteroatoms. The molecule has 0 radical (unpaired) electrons. The van der Waals surface area contributed by atoms with Gasteiger partial charge in [-0.25, -0.2) is 4.39 Å². The van der Waals surface area contributed by atoms with Gasteiger partial charge in [-0.2, -0.15) is 0 Å². The first kappa shape index (κ1) is 16.2. The Kier molecular flexibility index (Phi) is 4.92. The SMILES string of the molecule is CCCN1C(=O)C(c2ccc(F)cc2)=C(N(C)CCO)C1=O. The summed E-state index contributed by atoms with van der Waals surface area (Å²) in [7, 11) is 1.65. The molecule has 22 heavy (non-hydrogen) atoms. The number of benzene rings is 1. The molecule has 0 spiro atoms. The molecule has 1 aliphatic rings. The van der Waals surface area contributed by atoms with Gasteiger partial charge in [0.15, 0.2) is 0 Å². The Morgan fingerprint density at radius 1 is 1.18 bits per heavy atom. The largest absolute Gasteiger partial charge is 0.395 e. The van der Waals surface area contributed by atoms with Crippen LogP contribution in [0.2, 0.25) is 0 Å². The number of aliphatic hydroxyl groups excluding tert-OH is 1. The zero-order chi connectivity index (χ0) is 16.3. The molecule has 0 aromatic heterocycles. The maximum absolute atomic E-state index is 13.1. The maximum Gasteiger partial charge on any atom is 0.277 e. The summed E-state index contributed by atoms with van der Waals surface area (Å²) >= 11 is 0. The number of amides is 2. The molecule has 0 aliphatic carbocycles. The third kappa shape index (κ3) is 2.87. The normalized spacial score (nSPS) is 15.0. The molecule has 1 aromatic carbocycles. The second-order valence-electron chi connectivity index (χ2n) is 5.14. The van der Waals surface area contributed by atoms with Crippen LogP contribution < -0.4 is 0 Å². The zero-order valence-corrected chi connectivity index (χ0v) is 12.7.